The molecule has 0 radical (unpaired) electrons. The number of nitrogens with zero attached hydrogens (tertiary/aromatic N) is 2. The number of imidazole rings is 1. The van der Waals surface area contributed by atoms with E-state index in [0.717, 1.165) is 0 Å². The molecule has 0 aliphatic rings. The molecule has 12 heavy (non-hydrogen) atoms. The molecule has 0 bridgehead atoms. The first-order valence-electron chi connectivity index (χ1n) is 2.88. The van der Waals surface area contributed by atoms with E-state index in [1.165, 1.54) is 6.33 Å². The van der Waals surface area contributed by atoms with Crippen molar-refractivity contribution in [2.45, 2.75) is 0 Å². The monoisotopic (exact) mass is 174 g/mol. The maximum Gasteiger partial charge on any atom is 1.00 e. The van der Waals surface area contributed by atoms with Crippen LogP contribution in [0.25, 0.3) is 11.2 Å². The SMILES string of the molecule is O=c1[n-]c2[nH]cnc2c(=O)[nH]1.[Na+]. The van der Waals surface area contributed by atoms with Crippen LogP contribution in [0.5, 0.6) is 0 Å². The molecule has 7 heteroatoms. The third-order valence-corrected chi connectivity index (χ3v) is 1.27. The third kappa shape index (κ3) is 1.36. The third-order valence-electron chi connectivity index (χ3n) is 1.27. The minimum absolute atomic E-state index is 0. The van der Waals surface area contributed by atoms with E-state index >= 15 is 0 Å². The Bertz CT molecular complexity index is 496. The molecule has 0 aromatic carbocycles. The Labute approximate surface area is 87.7 Å². The van der Waals surface area contributed by atoms with Gasteiger partial charge in [0, 0.05) is 12.0 Å². The predicted molar refractivity (Wildman–Crippen MR) is 36.3 cm³/mol. The van der Waals surface area contributed by atoms with E-state index in [1.54, 1.807) is 0 Å². The molecular weight excluding hydrogens is 171 g/mol. The molecule has 2 rings (SSSR count). The topological polar surface area (TPSA) is 92.7 Å². The van der Waals surface area contributed by atoms with Crippen LogP contribution in [0.2, 0.25) is 0 Å². The van der Waals surface area contributed by atoms with Crippen molar-refractivity contribution in [3.8, 4) is 0 Å². The van der Waals surface area contributed by atoms with Crippen molar-refractivity contribution in [2.75, 3.05) is 0 Å². The van der Waals surface area contributed by atoms with Gasteiger partial charge in [0.1, 0.15) is 5.52 Å². The van der Waals surface area contributed by atoms with E-state index < -0.39 is 11.2 Å². The second kappa shape index (κ2) is 3.26. The number of rotatable bonds is 0. The summed E-state index contributed by atoms with van der Waals surface area (Å²) < 4.78 is 0. The van der Waals surface area contributed by atoms with E-state index in [1.807, 2.05) is 4.98 Å². The zero-order valence-corrected chi connectivity index (χ0v) is 8.29. The molecule has 0 aliphatic carbocycles. The van der Waals surface area contributed by atoms with Crippen LogP contribution in [0.4, 0.5) is 0 Å². The molecule has 2 N–H and O–H groups in total. The first-order valence-corrected chi connectivity index (χ1v) is 2.88. The standard InChI is InChI=1S/C5H4N4O2.Na/c10-4-2-3(7-1-6-2)8-5(11)9-4;/h1H,(H3,6,7,8,9,10,11);/q;+1/p-1. The largest absolute Gasteiger partial charge is 1.00 e. The Morgan fingerprint density at radius 3 is 2.92 bits per heavy atom. The smallest absolute Gasteiger partial charge is 0.403 e. The maximum atomic E-state index is 10.9. The molecule has 0 aliphatic heterocycles. The number of aromatic amines is 2. The Kier molecular flexibility index (Phi) is 2.51. The summed E-state index contributed by atoms with van der Waals surface area (Å²) in [5, 5.41) is 0. The van der Waals surface area contributed by atoms with Gasteiger partial charge in [-0.25, -0.2) is 4.98 Å². The van der Waals surface area contributed by atoms with Crippen LogP contribution in [0.3, 0.4) is 0 Å². The number of hydrogen-bond acceptors (Lipinski definition) is 3. The molecular formula is C5H3N4NaO2. The second-order valence-electron chi connectivity index (χ2n) is 1.97. The summed E-state index contributed by atoms with van der Waals surface area (Å²) in [6.45, 7) is 0. The summed E-state index contributed by atoms with van der Waals surface area (Å²) in [6.07, 6.45) is 1.31. The predicted octanol–water partition coefficient (Wildman–Crippen LogP) is -4.43. The van der Waals surface area contributed by atoms with Crippen molar-refractivity contribution in [2.24, 2.45) is 0 Å². The van der Waals surface area contributed by atoms with Crippen LogP contribution in [0.1, 0.15) is 0 Å². The van der Waals surface area contributed by atoms with Crippen LogP contribution in [-0.4, -0.2) is 15.0 Å². The average molecular weight is 174 g/mol. The van der Waals surface area contributed by atoms with Gasteiger partial charge in [-0.15, -0.1) is 0 Å². The Morgan fingerprint density at radius 1 is 1.42 bits per heavy atom. The quantitative estimate of drug-likeness (QED) is 0.394. The maximum absolute atomic E-state index is 10.9. The fourth-order valence-corrected chi connectivity index (χ4v) is 0.825. The molecule has 2 aromatic rings. The molecule has 6 nitrogen and oxygen atoms in total. The summed E-state index contributed by atoms with van der Waals surface area (Å²) in [4.78, 5) is 33.1. The number of fused-ring (bicyclic) bond motifs is 1. The molecule has 0 unspecified atom stereocenters. The zero-order chi connectivity index (χ0) is 7.84. The normalized spacial score (nSPS) is 9.67. The second-order valence-corrected chi connectivity index (χ2v) is 1.97. The van der Waals surface area contributed by atoms with Gasteiger partial charge in [0.15, 0.2) is 0 Å². The van der Waals surface area contributed by atoms with Crippen molar-refractivity contribution >= 4 is 11.2 Å². The summed E-state index contributed by atoms with van der Waals surface area (Å²) >= 11 is 0. The Morgan fingerprint density at radius 2 is 2.17 bits per heavy atom. The average Bonchev–Trinajstić information content (AvgIpc) is 2.34. The van der Waals surface area contributed by atoms with Gasteiger partial charge in [-0.3, -0.25) is 9.59 Å². The van der Waals surface area contributed by atoms with Gasteiger partial charge >= 0.3 is 29.6 Å². The zero-order valence-electron chi connectivity index (χ0n) is 6.29. The van der Waals surface area contributed by atoms with Gasteiger partial charge in [0.05, 0.1) is 0 Å². The van der Waals surface area contributed by atoms with Gasteiger partial charge in [-0.2, -0.15) is 0 Å². The van der Waals surface area contributed by atoms with Crippen molar-refractivity contribution in [1.29, 1.82) is 0 Å². The molecule has 0 atom stereocenters. The first kappa shape index (κ1) is 9.24. The van der Waals surface area contributed by atoms with Crippen LogP contribution in [-0.2, 0) is 0 Å². The molecule has 0 fully saturated rings. The minimum Gasteiger partial charge on any atom is -0.403 e. The van der Waals surface area contributed by atoms with Crippen LogP contribution < -0.4 is 45.8 Å². The van der Waals surface area contributed by atoms with Crippen LogP contribution in [0, 0.1) is 0 Å². The summed E-state index contributed by atoms with van der Waals surface area (Å²) in [5.74, 6) is 0. The van der Waals surface area contributed by atoms with Gasteiger partial charge in [0.25, 0.3) is 0 Å². The van der Waals surface area contributed by atoms with Crippen molar-refractivity contribution in [1.82, 2.24) is 19.9 Å². The molecule has 56 valence electrons. The van der Waals surface area contributed by atoms with Gasteiger partial charge in [-0.1, -0.05) is 0 Å². The molecule has 0 saturated heterocycles. The number of nitrogens with one attached hydrogen (secondary N) is 2. The first-order chi connectivity index (χ1) is 5.27. The van der Waals surface area contributed by atoms with E-state index in [4.69, 9.17) is 0 Å². The van der Waals surface area contributed by atoms with E-state index in [2.05, 4.69) is 15.0 Å². The van der Waals surface area contributed by atoms with Crippen molar-refractivity contribution in [3.05, 3.63) is 27.2 Å². The Hall–Kier alpha value is -0.850. The molecule has 0 spiro atoms. The molecule has 2 heterocycles. The number of hydrogen-bond donors (Lipinski definition) is 2. The summed E-state index contributed by atoms with van der Waals surface area (Å²) in [6, 6.07) is 0. The molecule has 2 aromatic heterocycles. The van der Waals surface area contributed by atoms with Gasteiger partial charge in [0.2, 0.25) is 11.2 Å². The summed E-state index contributed by atoms with van der Waals surface area (Å²) in [5.41, 5.74) is -0.795. The fourth-order valence-electron chi connectivity index (χ4n) is 0.825. The van der Waals surface area contributed by atoms with Gasteiger partial charge in [-0.05, 0) is 0 Å². The van der Waals surface area contributed by atoms with E-state index in [0.29, 0.717) is 0 Å². The van der Waals surface area contributed by atoms with E-state index in [-0.39, 0.29) is 40.7 Å². The van der Waals surface area contributed by atoms with Crippen LogP contribution in [0.15, 0.2) is 15.9 Å². The summed E-state index contributed by atoms with van der Waals surface area (Å²) in [7, 11) is 0. The minimum atomic E-state index is -0.660. The molecule has 0 amide bonds. The van der Waals surface area contributed by atoms with E-state index in [9.17, 15) is 9.59 Å². The van der Waals surface area contributed by atoms with Crippen LogP contribution >= 0.6 is 0 Å². The fraction of sp³-hybridized carbons (Fsp3) is 0. The Balaban J connectivity index is 0.000000720. The molecule has 0 saturated carbocycles. The number of H-pyrrole nitrogens is 2. The number of aromatic nitrogens is 4. The van der Waals surface area contributed by atoms with Crippen molar-refractivity contribution in [3.63, 3.8) is 0 Å². The van der Waals surface area contributed by atoms with Gasteiger partial charge < -0.3 is 15.0 Å². The van der Waals surface area contributed by atoms with Crippen molar-refractivity contribution < 1.29 is 29.6 Å².